The number of hydrogen-bond donors (Lipinski definition) is 1. The molecule has 0 atom stereocenters. The van der Waals surface area contributed by atoms with E-state index in [1.165, 1.54) is 18.3 Å². The van der Waals surface area contributed by atoms with Crippen LogP contribution in [0.25, 0.3) is 0 Å². The number of nitro benzene ring substituents is 1. The van der Waals surface area contributed by atoms with E-state index in [1.807, 2.05) is 0 Å². The third-order valence-electron chi connectivity index (χ3n) is 4.86. The highest BCUT2D eigenvalue weighted by Crippen LogP contribution is 2.28. The first-order chi connectivity index (χ1) is 18.9. The number of carbonyl (C=O) groups excluding carboxylic acids is 1. The van der Waals surface area contributed by atoms with Crippen LogP contribution in [0.4, 0.5) is 5.69 Å². The summed E-state index contributed by atoms with van der Waals surface area (Å²) in [6.45, 7) is 0.274. The van der Waals surface area contributed by atoms with Crippen LogP contribution in [0.5, 0.6) is 11.5 Å². The number of rotatable bonds is 12. The minimum absolute atomic E-state index is 0.00623. The molecule has 1 amide bonds. The highest BCUT2D eigenvalue weighted by atomic mass is 35.5. The van der Waals surface area contributed by atoms with Crippen molar-refractivity contribution in [1.82, 2.24) is 15.6 Å². The standard InChI is InChI=1S/C25H19Cl2N5O6S/c26-18-5-10-22(21(27)11-18)37-14-24-30-31-25(38-24)39-15-23(33)29-28-12-16-3-8-20(9-4-16)36-13-17-1-6-19(7-2-17)32(34)35/h1-12H,13-15H2,(H,29,33)/b28-12-. The summed E-state index contributed by atoms with van der Waals surface area (Å²) in [5, 5.41) is 23.5. The van der Waals surface area contributed by atoms with Gasteiger partial charge in [0.25, 0.3) is 22.7 Å². The van der Waals surface area contributed by atoms with Crippen molar-refractivity contribution < 1.29 is 23.6 Å². The zero-order valence-corrected chi connectivity index (χ0v) is 22.3. The van der Waals surface area contributed by atoms with E-state index in [0.29, 0.717) is 21.5 Å². The number of hydrazone groups is 1. The average molecular weight is 588 g/mol. The minimum atomic E-state index is -0.450. The first-order valence-electron chi connectivity index (χ1n) is 11.2. The average Bonchev–Trinajstić information content (AvgIpc) is 3.39. The van der Waals surface area contributed by atoms with Gasteiger partial charge in [0.1, 0.15) is 18.1 Å². The Bertz CT molecular complexity index is 1460. The SMILES string of the molecule is O=C(CSc1nnc(COc2ccc(Cl)cc2Cl)o1)N/N=C\c1ccc(OCc2ccc([N+](=O)[O-])cc2)cc1. The number of nitrogens with zero attached hydrogens (tertiary/aromatic N) is 4. The Balaban J connectivity index is 1.16. The number of ether oxygens (including phenoxy) is 2. The second kappa shape index (κ2) is 13.6. The fourth-order valence-electron chi connectivity index (χ4n) is 2.96. The van der Waals surface area contributed by atoms with Crippen molar-refractivity contribution in [2.24, 2.45) is 5.10 Å². The summed E-state index contributed by atoms with van der Waals surface area (Å²) >= 11 is 13.0. The Labute approximate surface area is 236 Å². The Morgan fingerprint density at radius 2 is 1.82 bits per heavy atom. The van der Waals surface area contributed by atoms with E-state index < -0.39 is 4.92 Å². The van der Waals surface area contributed by atoms with Crippen LogP contribution >= 0.6 is 35.0 Å². The van der Waals surface area contributed by atoms with Crippen molar-refractivity contribution in [3.8, 4) is 11.5 Å². The van der Waals surface area contributed by atoms with Gasteiger partial charge in [-0.2, -0.15) is 5.10 Å². The molecular weight excluding hydrogens is 569 g/mol. The smallest absolute Gasteiger partial charge is 0.277 e. The molecule has 0 unspecified atom stereocenters. The van der Waals surface area contributed by atoms with Crippen molar-refractivity contribution in [2.75, 3.05) is 5.75 Å². The van der Waals surface area contributed by atoms with Gasteiger partial charge in [-0.05, 0) is 65.7 Å². The molecular formula is C25H19Cl2N5O6S. The van der Waals surface area contributed by atoms with Crippen LogP contribution in [0.3, 0.4) is 0 Å². The topological polar surface area (TPSA) is 142 Å². The molecule has 0 aliphatic heterocycles. The number of benzene rings is 3. The molecule has 0 aliphatic rings. The van der Waals surface area contributed by atoms with Gasteiger partial charge in [-0.1, -0.05) is 35.0 Å². The van der Waals surface area contributed by atoms with Gasteiger partial charge in [-0.25, -0.2) is 5.43 Å². The van der Waals surface area contributed by atoms with Crippen LogP contribution < -0.4 is 14.9 Å². The van der Waals surface area contributed by atoms with Crippen molar-refractivity contribution >= 4 is 52.8 Å². The maximum Gasteiger partial charge on any atom is 0.277 e. The Hall–Kier alpha value is -4.13. The zero-order valence-electron chi connectivity index (χ0n) is 20.0. The van der Waals surface area contributed by atoms with E-state index in [9.17, 15) is 14.9 Å². The zero-order chi connectivity index (χ0) is 27.6. The molecule has 39 heavy (non-hydrogen) atoms. The summed E-state index contributed by atoms with van der Waals surface area (Å²) in [5.74, 6) is 0.921. The normalized spacial score (nSPS) is 10.9. The molecule has 1 heterocycles. The molecule has 3 aromatic carbocycles. The Morgan fingerprint density at radius 3 is 2.54 bits per heavy atom. The first-order valence-corrected chi connectivity index (χ1v) is 12.9. The number of amides is 1. The lowest BCUT2D eigenvalue weighted by atomic mass is 10.2. The number of non-ortho nitro benzene ring substituents is 1. The van der Waals surface area contributed by atoms with E-state index in [0.717, 1.165) is 22.9 Å². The molecule has 1 N–H and O–H groups in total. The van der Waals surface area contributed by atoms with E-state index in [-0.39, 0.29) is 41.7 Å². The molecule has 200 valence electrons. The molecule has 0 bridgehead atoms. The van der Waals surface area contributed by atoms with Crippen LogP contribution in [0.15, 0.2) is 81.5 Å². The number of hydrogen-bond acceptors (Lipinski definition) is 10. The lowest BCUT2D eigenvalue weighted by molar-refractivity contribution is -0.384. The van der Waals surface area contributed by atoms with Gasteiger partial charge in [0.2, 0.25) is 0 Å². The van der Waals surface area contributed by atoms with Crippen LogP contribution in [0.2, 0.25) is 10.0 Å². The number of nitrogens with one attached hydrogen (secondary N) is 1. The molecule has 1 aromatic heterocycles. The van der Waals surface area contributed by atoms with Crippen molar-refractivity contribution in [2.45, 2.75) is 18.4 Å². The highest BCUT2D eigenvalue weighted by molar-refractivity contribution is 7.99. The summed E-state index contributed by atoms with van der Waals surface area (Å²) in [5.41, 5.74) is 4.01. The van der Waals surface area contributed by atoms with Gasteiger partial charge < -0.3 is 13.9 Å². The predicted octanol–water partition coefficient (Wildman–Crippen LogP) is 5.69. The van der Waals surface area contributed by atoms with Gasteiger partial charge in [0.15, 0.2) is 6.61 Å². The van der Waals surface area contributed by atoms with Gasteiger partial charge in [-0.3, -0.25) is 14.9 Å². The fraction of sp³-hybridized carbons (Fsp3) is 0.120. The molecule has 0 spiro atoms. The number of halogens is 2. The van der Waals surface area contributed by atoms with Crippen molar-refractivity contribution in [3.63, 3.8) is 0 Å². The molecule has 4 rings (SSSR count). The molecule has 11 nitrogen and oxygen atoms in total. The van der Waals surface area contributed by atoms with Gasteiger partial charge >= 0.3 is 0 Å². The summed E-state index contributed by atoms with van der Waals surface area (Å²) in [6.07, 6.45) is 1.49. The largest absolute Gasteiger partial charge is 0.489 e. The van der Waals surface area contributed by atoms with E-state index in [1.54, 1.807) is 54.6 Å². The lowest BCUT2D eigenvalue weighted by Gasteiger charge is -2.06. The quantitative estimate of drug-likeness (QED) is 0.0957. The summed E-state index contributed by atoms with van der Waals surface area (Å²) in [4.78, 5) is 22.4. The van der Waals surface area contributed by atoms with Crippen LogP contribution in [-0.2, 0) is 18.0 Å². The Kier molecular flexibility index (Phi) is 9.73. The molecule has 4 aromatic rings. The van der Waals surface area contributed by atoms with E-state index in [2.05, 4.69) is 20.7 Å². The third-order valence-corrected chi connectivity index (χ3v) is 6.20. The number of thioether (sulfide) groups is 1. The van der Waals surface area contributed by atoms with Gasteiger partial charge in [0.05, 0.1) is 21.9 Å². The van der Waals surface area contributed by atoms with Crippen LogP contribution in [-0.4, -0.2) is 33.0 Å². The monoisotopic (exact) mass is 587 g/mol. The second-order valence-corrected chi connectivity index (χ2v) is 9.46. The van der Waals surface area contributed by atoms with Crippen molar-refractivity contribution in [3.05, 3.63) is 104 Å². The maximum absolute atomic E-state index is 12.1. The maximum atomic E-state index is 12.1. The molecule has 0 radical (unpaired) electrons. The van der Waals surface area contributed by atoms with Crippen LogP contribution in [0.1, 0.15) is 17.0 Å². The van der Waals surface area contributed by atoms with E-state index >= 15 is 0 Å². The second-order valence-electron chi connectivity index (χ2n) is 7.69. The fourth-order valence-corrected chi connectivity index (χ4v) is 3.99. The first kappa shape index (κ1) is 27.9. The molecule has 0 fully saturated rings. The highest BCUT2D eigenvalue weighted by Gasteiger charge is 2.11. The number of carbonyl (C=O) groups is 1. The van der Waals surface area contributed by atoms with Gasteiger partial charge in [-0.15, -0.1) is 10.2 Å². The van der Waals surface area contributed by atoms with E-state index in [4.69, 9.17) is 37.1 Å². The minimum Gasteiger partial charge on any atom is -0.489 e. The lowest BCUT2D eigenvalue weighted by Crippen LogP contribution is -2.19. The van der Waals surface area contributed by atoms with Crippen LogP contribution in [0, 0.1) is 10.1 Å². The number of nitro groups is 1. The molecule has 0 saturated carbocycles. The summed E-state index contributed by atoms with van der Waals surface area (Å²) in [7, 11) is 0. The number of aromatic nitrogens is 2. The van der Waals surface area contributed by atoms with Crippen molar-refractivity contribution in [1.29, 1.82) is 0 Å². The predicted molar refractivity (Wildman–Crippen MR) is 145 cm³/mol. The summed E-state index contributed by atoms with van der Waals surface area (Å²) in [6, 6.07) is 18.0. The molecule has 0 aliphatic carbocycles. The Morgan fingerprint density at radius 1 is 1.05 bits per heavy atom. The molecule has 0 saturated heterocycles. The molecule has 14 heteroatoms. The third kappa shape index (κ3) is 8.70. The van der Waals surface area contributed by atoms with Gasteiger partial charge in [0, 0.05) is 17.2 Å². The summed E-state index contributed by atoms with van der Waals surface area (Å²) < 4.78 is 16.7.